The van der Waals surface area contributed by atoms with Crippen LogP contribution >= 0.6 is 0 Å². The van der Waals surface area contributed by atoms with Crippen molar-refractivity contribution >= 4 is 0 Å². The van der Waals surface area contributed by atoms with E-state index < -0.39 is 0 Å². The number of nitrogens with zero attached hydrogens (tertiary/aromatic N) is 2. The van der Waals surface area contributed by atoms with Crippen molar-refractivity contribution in [2.45, 2.75) is 13.0 Å². The van der Waals surface area contributed by atoms with E-state index in [0.29, 0.717) is 5.82 Å². The zero-order chi connectivity index (χ0) is 10.7. The summed E-state index contributed by atoms with van der Waals surface area (Å²) in [6.07, 6.45) is 3.41. The fourth-order valence-corrected chi connectivity index (χ4v) is 1.39. The first kappa shape index (κ1) is 9.80. The van der Waals surface area contributed by atoms with E-state index in [1.807, 2.05) is 31.2 Å². The van der Waals surface area contributed by atoms with Gasteiger partial charge in [-0.05, 0) is 18.6 Å². The van der Waals surface area contributed by atoms with Gasteiger partial charge in [-0.1, -0.05) is 29.8 Å². The van der Waals surface area contributed by atoms with E-state index in [2.05, 4.69) is 9.97 Å². The van der Waals surface area contributed by atoms with Gasteiger partial charge in [0.1, 0.15) is 5.82 Å². The van der Waals surface area contributed by atoms with E-state index in [4.69, 9.17) is 5.73 Å². The Morgan fingerprint density at radius 1 is 1.07 bits per heavy atom. The molecular formula is C12H13N3. The molecule has 0 aliphatic rings. The molecule has 3 nitrogen and oxygen atoms in total. The molecule has 15 heavy (non-hydrogen) atoms. The maximum absolute atomic E-state index is 6.04. The van der Waals surface area contributed by atoms with E-state index in [-0.39, 0.29) is 6.04 Å². The van der Waals surface area contributed by atoms with Crippen LogP contribution in [0.2, 0.25) is 0 Å². The second kappa shape index (κ2) is 4.19. The molecule has 0 aliphatic heterocycles. The van der Waals surface area contributed by atoms with Gasteiger partial charge >= 0.3 is 0 Å². The fraction of sp³-hybridized carbons (Fsp3) is 0.167. The Morgan fingerprint density at radius 3 is 2.27 bits per heavy atom. The second-order valence-corrected chi connectivity index (χ2v) is 3.50. The molecule has 1 aromatic heterocycles. The van der Waals surface area contributed by atoms with E-state index in [0.717, 1.165) is 5.56 Å². The van der Waals surface area contributed by atoms with Crippen molar-refractivity contribution in [2.75, 3.05) is 0 Å². The van der Waals surface area contributed by atoms with Crippen LogP contribution in [0.3, 0.4) is 0 Å². The maximum atomic E-state index is 6.04. The quantitative estimate of drug-likeness (QED) is 0.802. The van der Waals surface area contributed by atoms with E-state index in [1.54, 1.807) is 18.5 Å². The summed E-state index contributed by atoms with van der Waals surface area (Å²) in [4.78, 5) is 8.28. The number of hydrogen-bond donors (Lipinski definition) is 1. The van der Waals surface area contributed by atoms with Crippen molar-refractivity contribution in [1.82, 2.24) is 9.97 Å². The SMILES string of the molecule is Cc1ccc([C@@H](N)c2ncccn2)cc1. The standard InChI is InChI=1S/C12H13N3/c1-9-3-5-10(6-4-9)11(13)12-14-7-2-8-15-12/h2-8,11H,13H2,1H3/t11-/m1/s1. The number of benzene rings is 1. The van der Waals surface area contributed by atoms with Gasteiger partial charge in [0.25, 0.3) is 0 Å². The van der Waals surface area contributed by atoms with Gasteiger partial charge in [-0.3, -0.25) is 0 Å². The number of hydrogen-bond acceptors (Lipinski definition) is 3. The van der Waals surface area contributed by atoms with Crippen LogP contribution in [0.4, 0.5) is 0 Å². The topological polar surface area (TPSA) is 51.8 Å². The van der Waals surface area contributed by atoms with Crippen LogP contribution in [-0.4, -0.2) is 9.97 Å². The van der Waals surface area contributed by atoms with Crippen LogP contribution in [0.15, 0.2) is 42.7 Å². The highest BCUT2D eigenvalue weighted by Gasteiger charge is 2.10. The highest BCUT2D eigenvalue weighted by atomic mass is 14.9. The third-order valence-corrected chi connectivity index (χ3v) is 2.30. The lowest BCUT2D eigenvalue weighted by atomic mass is 10.1. The predicted octanol–water partition coefficient (Wildman–Crippen LogP) is 1.83. The highest BCUT2D eigenvalue weighted by Crippen LogP contribution is 2.15. The molecule has 2 aromatic rings. The average Bonchev–Trinajstić information content (AvgIpc) is 2.30. The van der Waals surface area contributed by atoms with E-state index in [1.165, 1.54) is 5.56 Å². The second-order valence-electron chi connectivity index (χ2n) is 3.50. The Morgan fingerprint density at radius 2 is 1.67 bits per heavy atom. The zero-order valence-electron chi connectivity index (χ0n) is 8.59. The molecule has 3 heteroatoms. The molecule has 0 saturated carbocycles. The average molecular weight is 199 g/mol. The van der Waals surface area contributed by atoms with Gasteiger partial charge in [-0.15, -0.1) is 0 Å². The minimum Gasteiger partial charge on any atom is -0.318 e. The lowest BCUT2D eigenvalue weighted by molar-refractivity contribution is 0.780. The first-order valence-electron chi connectivity index (χ1n) is 4.86. The van der Waals surface area contributed by atoms with Crippen molar-refractivity contribution in [2.24, 2.45) is 5.73 Å². The predicted molar refractivity (Wildman–Crippen MR) is 59.2 cm³/mol. The summed E-state index contributed by atoms with van der Waals surface area (Å²) in [5.74, 6) is 0.654. The molecule has 0 amide bonds. The lowest BCUT2D eigenvalue weighted by Gasteiger charge is -2.10. The Kier molecular flexibility index (Phi) is 2.74. The smallest absolute Gasteiger partial charge is 0.149 e. The highest BCUT2D eigenvalue weighted by molar-refractivity contribution is 5.27. The van der Waals surface area contributed by atoms with Gasteiger partial charge in [0.2, 0.25) is 0 Å². The summed E-state index contributed by atoms with van der Waals surface area (Å²) in [6, 6.07) is 9.64. The van der Waals surface area contributed by atoms with Gasteiger partial charge in [0, 0.05) is 12.4 Å². The Labute approximate surface area is 89.0 Å². The number of nitrogens with two attached hydrogens (primary N) is 1. The van der Waals surface area contributed by atoms with Crippen LogP contribution in [0.25, 0.3) is 0 Å². The summed E-state index contributed by atoms with van der Waals surface area (Å²) in [7, 11) is 0. The lowest BCUT2D eigenvalue weighted by Crippen LogP contribution is -2.14. The van der Waals surface area contributed by atoms with Gasteiger partial charge in [-0.25, -0.2) is 9.97 Å². The summed E-state index contributed by atoms with van der Waals surface area (Å²) in [5.41, 5.74) is 8.30. The van der Waals surface area contributed by atoms with Gasteiger partial charge in [0.05, 0.1) is 6.04 Å². The zero-order valence-corrected chi connectivity index (χ0v) is 8.59. The van der Waals surface area contributed by atoms with Crippen LogP contribution in [0, 0.1) is 6.92 Å². The minimum absolute atomic E-state index is 0.244. The normalized spacial score (nSPS) is 12.4. The number of aryl methyl sites for hydroxylation is 1. The molecule has 1 aromatic carbocycles. The molecule has 0 saturated heterocycles. The molecule has 0 fully saturated rings. The van der Waals surface area contributed by atoms with Crippen LogP contribution in [-0.2, 0) is 0 Å². The summed E-state index contributed by atoms with van der Waals surface area (Å²) in [6.45, 7) is 2.05. The number of aromatic nitrogens is 2. The first-order valence-corrected chi connectivity index (χ1v) is 4.86. The Balaban J connectivity index is 2.29. The van der Waals surface area contributed by atoms with Gasteiger partial charge in [-0.2, -0.15) is 0 Å². The molecule has 1 atom stereocenters. The number of rotatable bonds is 2. The Hall–Kier alpha value is -1.74. The molecule has 0 spiro atoms. The fourth-order valence-electron chi connectivity index (χ4n) is 1.39. The van der Waals surface area contributed by atoms with Crippen LogP contribution < -0.4 is 5.73 Å². The van der Waals surface area contributed by atoms with Gasteiger partial charge in [0.15, 0.2) is 0 Å². The molecular weight excluding hydrogens is 186 g/mol. The van der Waals surface area contributed by atoms with Crippen molar-refractivity contribution in [3.05, 3.63) is 59.7 Å². The molecule has 76 valence electrons. The van der Waals surface area contributed by atoms with Crippen molar-refractivity contribution in [3.63, 3.8) is 0 Å². The third kappa shape index (κ3) is 2.19. The summed E-state index contributed by atoms with van der Waals surface area (Å²) >= 11 is 0. The monoisotopic (exact) mass is 199 g/mol. The molecule has 1 heterocycles. The van der Waals surface area contributed by atoms with E-state index >= 15 is 0 Å². The van der Waals surface area contributed by atoms with Crippen LogP contribution in [0.5, 0.6) is 0 Å². The van der Waals surface area contributed by atoms with Crippen molar-refractivity contribution in [3.8, 4) is 0 Å². The van der Waals surface area contributed by atoms with Crippen molar-refractivity contribution < 1.29 is 0 Å². The third-order valence-electron chi connectivity index (χ3n) is 2.30. The summed E-state index contributed by atoms with van der Waals surface area (Å²) in [5, 5.41) is 0. The molecule has 2 rings (SSSR count). The molecule has 2 N–H and O–H groups in total. The van der Waals surface area contributed by atoms with Crippen LogP contribution in [0.1, 0.15) is 23.0 Å². The minimum atomic E-state index is -0.244. The van der Waals surface area contributed by atoms with Gasteiger partial charge < -0.3 is 5.73 Å². The molecule has 0 bridgehead atoms. The van der Waals surface area contributed by atoms with Crippen molar-refractivity contribution in [1.29, 1.82) is 0 Å². The summed E-state index contributed by atoms with van der Waals surface area (Å²) < 4.78 is 0. The maximum Gasteiger partial charge on any atom is 0.149 e. The first-order chi connectivity index (χ1) is 7.27. The molecule has 0 aliphatic carbocycles. The largest absolute Gasteiger partial charge is 0.318 e. The molecule has 0 unspecified atom stereocenters. The Bertz CT molecular complexity index is 422. The van der Waals surface area contributed by atoms with E-state index in [9.17, 15) is 0 Å². The molecule has 0 radical (unpaired) electrons.